The van der Waals surface area contributed by atoms with E-state index < -0.39 is 17.7 Å². The van der Waals surface area contributed by atoms with E-state index in [-0.39, 0.29) is 18.7 Å². The topological polar surface area (TPSA) is 43.8 Å². The second kappa shape index (κ2) is 5.00. The summed E-state index contributed by atoms with van der Waals surface area (Å²) in [5.41, 5.74) is 4.87. The molecule has 0 saturated heterocycles. The third kappa shape index (κ3) is 2.93. The lowest BCUT2D eigenvalue weighted by atomic mass is 10.2. The molecule has 7 heteroatoms. The maximum Gasteiger partial charge on any atom is 0.435 e. The molecule has 0 radical (unpaired) electrons. The molecule has 2 aromatic rings. The molecule has 0 aliphatic heterocycles. The van der Waals surface area contributed by atoms with E-state index in [0.29, 0.717) is 5.69 Å². The Morgan fingerprint density at radius 3 is 2.53 bits per heavy atom. The summed E-state index contributed by atoms with van der Waals surface area (Å²) < 4.78 is 52.1. The quantitative estimate of drug-likeness (QED) is 0.873. The van der Waals surface area contributed by atoms with Crippen LogP contribution in [0.5, 0.6) is 0 Å². The van der Waals surface area contributed by atoms with Gasteiger partial charge < -0.3 is 5.73 Å². The van der Waals surface area contributed by atoms with Crippen LogP contribution in [0.1, 0.15) is 11.4 Å². The molecule has 0 amide bonds. The lowest BCUT2D eigenvalue weighted by Gasteiger charge is -2.06. The van der Waals surface area contributed by atoms with Gasteiger partial charge in [0.15, 0.2) is 5.69 Å². The summed E-state index contributed by atoms with van der Waals surface area (Å²) in [6.45, 7) is 0.179. The molecule has 2 rings (SSSR count). The number of alkyl halides is 3. The fraction of sp³-hybridized carbons (Fsp3) is 0.250. The summed E-state index contributed by atoms with van der Waals surface area (Å²) in [7, 11) is 0. The van der Waals surface area contributed by atoms with E-state index >= 15 is 0 Å². The van der Waals surface area contributed by atoms with Gasteiger partial charge in [0.25, 0.3) is 0 Å². The third-order valence-electron chi connectivity index (χ3n) is 2.53. The number of rotatable bonds is 3. The highest BCUT2D eigenvalue weighted by atomic mass is 19.4. The highest BCUT2D eigenvalue weighted by Gasteiger charge is 2.34. The number of hydrogen-bond acceptors (Lipinski definition) is 2. The molecule has 0 aliphatic rings. The second-order valence-corrected chi connectivity index (χ2v) is 3.95. The van der Waals surface area contributed by atoms with E-state index in [1.807, 2.05) is 0 Å². The van der Waals surface area contributed by atoms with Crippen LogP contribution in [0.15, 0.2) is 30.3 Å². The number of halogens is 4. The second-order valence-electron chi connectivity index (χ2n) is 3.95. The largest absolute Gasteiger partial charge is 0.435 e. The van der Waals surface area contributed by atoms with Crippen LogP contribution in [0.4, 0.5) is 17.6 Å². The Labute approximate surface area is 106 Å². The molecule has 19 heavy (non-hydrogen) atoms. The molecule has 0 atom stereocenters. The van der Waals surface area contributed by atoms with Crippen LogP contribution < -0.4 is 5.73 Å². The van der Waals surface area contributed by atoms with Gasteiger partial charge in [-0.3, -0.25) is 0 Å². The molecular weight excluding hydrogens is 262 g/mol. The van der Waals surface area contributed by atoms with Crippen molar-refractivity contribution in [1.82, 2.24) is 9.78 Å². The molecule has 0 unspecified atom stereocenters. The number of benzene rings is 1. The summed E-state index contributed by atoms with van der Waals surface area (Å²) in [6.07, 6.45) is -4.32. The Hall–Kier alpha value is -1.89. The zero-order chi connectivity index (χ0) is 14.0. The predicted octanol–water partition coefficient (Wildman–Crippen LogP) is 2.53. The first-order chi connectivity index (χ1) is 8.91. The molecule has 1 heterocycles. The van der Waals surface area contributed by atoms with E-state index in [9.17, 15) is 17.6 Å². The number of aromatic nitrogens is 2. The maximum atomic E-state index is 13.1. The molecule has 0 bridgehead atoms. The van der Waals surface area contributed by atoms with Crippen LogP contribution in [-0.4, -0.2) is 16.3 Å². The van der Waals surface area contributed by atoms with E-state index in [0.717, 1.165) is 16.8 Å². The highest BCUT2D eigenvalue weighted by Crippen LogP contribution is 2.29. The molecule has 0 spiro atoms. The van der Waals surface area contributed by atoms with Gasteiger partial charge in [-0.1, -0.05) is 6.07 Å². The van der Waals surface area contributed by atoms with Crippen LogP contribution in [0.2, 0.25) is 0 Å². The molecule has 0 fully saturated rings. The van der Waals surface area contributed by atoms with Crippen LogP contribution in [0.25, 0.3) is 5.69 Å². The molecule has 3 nitrogen and oxygen atoms in total. The van der Waals surface area contributed by atoms with Gasteiger partial charge in [-0.2, -0.15) is 18.3 Å². The van der Waals surface area contributed by atoms with Crippen LogP contribution in [0, 0.1) is 5.82 Å². The SMILES string of the molecule is NCCc1cc(C(F)(F)F)nn1-c1cccc(F)c1. The fourth-order valence-electron chi connectivity index (χ4n) is 1.72. The molecule has 1 aromatic carbocycles. The first kappa shape index (κ1) is 13.5. The summed E-state index contributed by atoms with van der Waals surface area (Å²) in [6, 6.07) is 6.15. The van der Waals surface area contributed by atoms with Crippen molar-refractivity contribution in [3.05, 3.63) is 47.5 Å². The van der Waals surface area contributed by atoms with Gasteiger partial charge in [0.1, 0.15) is 5.82 Å². The number of hydrogen-bond donors (Lipinski definition) is 1. The predicted molar refractivity (Wildman–Crippen MR) is 61.3 cm³/mol. The average molecular weight is 273 g/mol. The van der Waals surface area contributed by atoms with E-state index in [1.165, 1.54) is 18.2 Å². The highest BCUT2D eigenvalue weighted by molar-refractivity contribution is 5.34. The van der Waals surface area contributed by atoms with Crippen LogP contribution >= 0.6 is 0 Å². The van der Waals surface area contributed by atoms with Crippen molar-refractivity contribution >= 4 is 0 Å². The fourth-order valence-corrected chi connectivity index (χ4v) is 1.72. The van der Waals surface area contributed by atoms with Crippen molar-refractivity contribution < 1.29 is 17.6 Å². The zero-order valence-electron chi connectivity index (χ0n) is 9.78. The summed E-state index contributed by atoms with van der Waals surface area (Å²) in [5.74, 6) is -0.541. The Bertz CT molecular complexity index is 575. The first-order valence-electron chi connectivity index (χ1n) is 5.54. The van der Waals surface area contributed by atoms with Crippen LogP contribution in [-0.2, 0) is 12.6 Å². The Morgan fingerprint density at radius 2 is 1.95 bits per heavy atom. The van der Waals surface area contributed by atoms with Gasteiger partial charge in [0.05, 0.1) is 5.69 Å². The minimum atomic E-state index is -4.54. The van der Waals surface area contributed by atoms with E-state index in [1.54, 1.807) is 0 Å². The van der Waals surface area contributed by atoms with Crippen molar-refractivity contribution in [3.63, 3.8) is 0 Å². The third-order valence-corrected chi connectivity index (χ3v) is 2.53. The smallest absolute Gasteiger partial charge is 0.330 e. The number of nitrogens with zero attached hydrogens (tertiary/aromatic N) is 2. The van der Waals surface area contributed by atoms with Gasteiger partial charge >= 0.3 is 6.18 Å². The van der Waals surface area contributed by atoms with Gasteiger partial charge in [0, 0.05) is 12.1 Å². The van der Waals surface area contributed by atoms with Crippen molar-refractivity contribution in [3.8, 4) is 5.69 Å². The van der Waals surface area contributed by atoms with Crippen molar-refractivity contribution in [2.75, 3.05) is 6.54 Å². The van der Waals surface area contributed by atoms with E-state index in [2.05, 4.69) is 5.10 Å². The Kier molecular flexibility index (Phi) is 3.57. The lowest BCUT2D eigenvalue weighted by Crippen LogP contribution is -2.09. The van der Waals surface area contributed by atoms with E-state index in [4.69, 9.17) is 5.73 Å². The van der Waals surface area contributed by atoms with Crippen molar-refractivity contribution in [2.24, 2.45) is 5.73 Å². The van der Waals surface area contributed by atoms with Crippen molar-refractivity contribution in [2.45, 2.75) is 12.6 Å². The van der Waals surface area contributed by atoms with Gasteiger partial charge in [-0.25, -0.2) is 9.07 Å². The molecule has 0 aliphatic carbocycles. The molecule has 2 N–H and O–H groups in total. The maximum absolute atomic E-state index is 13.1. The van der Waals surface area contributed by atoms with Gasteiger partial charge in [-0.05, 0) is 30.8 Å². The van der Waals surface area contributed by atoms with Crippen molar-refractivity contribution in [1.29, 1.82) is 0 Å². The summed E-state index contributed by atoms with van der Waals surface area (Å²) in [5, 5.41) is 3.48. The van der Waals surface area contributed by atoms with Crippen LogP contribution in [0.3, 0.4) is 0 Å². The normalized spacial score (nSPS) is 11.8. The monoisotopic (exact) mass is 273 g/mol. The summed E-state index contributed by atoms with van der Waals surface area (Å²) in [4.78, 5) is 0. The number of nitrogens with two attached hydrogens (primary N) is 1. The average Bonchev–Trinajstić information content (AvgIpc) is 2.73. The minimum absolute atomic E-state index is 0.179. The van der Waals surface area contributed by atoms with Gasteiger partial charge in [-0.15, -0.1) is 0 Å². The summed E-state index contributed by atoms with van der Waals surface area (Å²) >= 11 is 0. The Morgan fingerprint density at radius 1 is 1.21 bits per heavy atom. The Balaban J connectivity index is 2.52. The lowest BCUT2D eigenvalue weighted by molar-refractivity contribution is -0.141. The van der Waals surface area contributed by atoms with Gasteiger partial charge in [0.2, 0.25) is 0 Å². The molecule has 102 valence electrons. The molecule has 0 saturated carbocycles. The zero-order valence-corrected chi connectivity index (χ0v) is 9.78. The minimum Gasteiger partial charge on any atom is -0.330 e. The first-order valence-corrected chi connectivity index (χ1v) is 5.54. The molecular formula is C12H11F4N3. The molecule has 1 aromatic heterocycles. The standard InChI is InChI=1S/C12H11F4N3/c13-8-2-1-3-9(6-8)19-10(4-5-17)7-11(18-19)12(14,15)16/h1-3,6-7H,4-5,17H2.